The van der Waals surface area contributed by atoms with Gasteiger partial charge in [0.05, 0.1) is 20.3 Å². The van der Waals surface area contributed by atoms with Crippen molar-refractivity contribution < 1.29 is 14.3 Å². The van der Waals surface area contributed by atoms with E-state index in [1.54, 1.807) is 13.0 Å². The minimum absolute atomic E-state index is 0.316. The lowest BCUT2D eigenvalue weighted by molar-refractivity contribution is -0.136. The summed E-state index contributed by atoms with van der Waals surface area (Å²) in [5, 5.41) is 0. The maximum Gasteiger partial charge on any atom is 0.333 e. The number of benzene rings is 1. The summed E-state index contributed by atoms with van der Waals surface area (Å²) in [6.45, 7) is 2.67. The van der Waals surface area contributed by atoms with Gasteiger partial charge in [0.2, 0.25) is 0 Å². The molecule has 0 N–H and O–H groups in total. The van der Waals surface area contributed by atoms with Gasteiger partial charge in [-0.3, -0.25) is 0 Å². The van der Waals surface area contributed by atoms with Gasteiger partial charge in [0.15, 0.2) is 0 Å². The Morgan fingerprint density at radius 1 is 1.31 bits per heavy atom. The minimum atomic E-state index is -0.316. The third kappa shape index (κ3) is 4.28. The van der Waals surface area contributed by atoms with Crippen LogP contribution >= 0.6 is 0 Å². The van der Waals surface area contributed by atoms with Gasteiger partial charge in [-0.15, -0.1) is 0 Å². The molecule has 3 nitrogen and oxygen atoms in total. The van der Waals surface area contributed by atoms with Crippen molar-refractivity contribution >= 4 is 5.97 Å². The van der Waals surface area contributed by atoms with Crippen LogP contribution in [0.5, 0.6) is 0 Å². The van der Waals surface area contributed by atoms with Crippen molar-refractivity contribution in [2.75, 3.05) is 13.7 Å². The number of rotatable bonds is 5. The summed E-state index contributed by atoms with van der Waals surface area (Å²) in [5.41, 5.74) is 1.68. The maximum absolute atomic E-state index is 11.0. The molecule has 0 unspecified atom stereocenters. The molecule has 0 radical (unpaired) electrons. The highest BCUT2D eigenvalue weighted by atomic mass is 16.5. The number of carbonyl (C=O) groups is 1. The molecule has 0 atom stereocenters. The quantitative estimate of drug-likeness (QED) is 0.434. The van der Waals surface area contributed by atoms with E-state index < -0.39 is 0 Å². The van der Waals surface area contributed by atoms with Crippen molar-refractivity contribution in [2.24, 2.45) is 0 Å². The summed E-state index contributed by atoms with van der Waals surface area (Å²) in [6, 6.07) is 9.89. The van der Waals surface area contributed by atoms with Crippen LogP contribution in [0.2, 0.25) is 0 Å². The van der Waals surface area contributed by atoms with Gasteiger partial charge in [0.25, 0.3) is 0 Å². The van der Waals surface area contributed by atoms with Gasteiger partial charge in [0, 0.05) is 5.57 Å². The number of methoxy groups -OCH3 is 1. The lowest BCUT2D eigenvalue weighted by Gasteiger charge is -2.02. The molecular weight excluding hydrogens is 204 g/mol. The van der Waals surface area contributed by atoms with Crippen molar-refractivity contribution in [3.63, 3.8) is 0 Å². The normalized spacial score (nSPS) is 11.2. The van der Waals surface area contributed by atoms with E-state index in [-0.39, 0.29) is 5.97 Å². The fourth-order valence-electron chi connectivity index (χ4n) is 1.18. The summed E-state index contributed by atoms with van der Waals surface area (Å²) in [6.07, 6.45) is 1.72. The molecule has 0 fully saturated rings. The molecule has 16 heavy (non-hydrogen) atoms. The molecule has 1 rings (SSSR count). The van der Waals surface area contributed by atoms with Crippen LogP contribution < -0.4 is 0 Å². The lowest BCUT2D eigenvalue weighted by Crippen LogP contribution is -2.03. The number of ether oxygens (including phenoxy) is 2. The maximum atomic E-state index is 11.0. The Labute approximate surface area is 95.7 Å². The molecule has 0 aliphatic carbocycles. The van der Waals surface area contributed by atoms with Crippen molar-refractivity contribution in [1.82, 2.24) is 0 Å². The van der Waals surface area contributed by atoms with E-state index >= 15 is 0 Å². The van der Waals surface area contributed by atoms with E-state index in [4.69, 9.17) is 4.74 Å². The van der Waals surface area contributed by atoms with Crippen molar-refractivity contribution in [3.8, 4) is 0 Å². The third-order valence-electron chi connectivity index (χ3n) is 2.13. The zero-order chi connectivity index (χ0) is 11.8. The molecule has 86 valence electrons. The van der Waals surface area contributed by atoms with Crippen LogP contribution in [0.3, 0.4) is 0 Å². The fourth-order valence-corrected chi connectivity index (χ4v) is 1.18. The van der Waals surface area contributed by atoms with Gasteiger partial charge < -0.3 is 9.47 Å². The number of hydrogen-bond donors (Lipinski definition) is 0. The van der Waals surface area contributed by atoms with E-state index in [1.807, 2.05) is 30.3 Å². The van der Waals surface area contributed by atoms with Crippen molar-refractivity contribution in [3.05, 3.63) is 47.5 Å². The molecule has 0 aliphatic heterocycles. The van der Waals surface area contributed by atoms with Gasteiger partial charge in [-0.25, -0.2) is 4.79 Å². The second-order valence-corrected chi connectivity index (χ2v) is 3.38. The first kappa shape index (κ1) is 12.5. The fraction of sp³-hybridized carbons (Fsp3) is 0.308. The second kappa shape index (κ2) is 6.80. The van der Waals surface area contributed by atoms with E-state index in [2.05, 4.69) is 4.74 Å². The highest BCUT2D eigenvalue weighted by molar-refractivity contribution is 5.87. The standard InChI is InChI=1S/C13H16O3/c1-11(13(14)15-2)8-9-16-10-12-6-4-3-5-7-12/h3-8H,9-10H2,1-2H3. The Bertz CT molecular complexity index is 355. The van der Waals surface area contributed by atoms with Gasteiger partial charge in [0.1, 0.15) is 0 Å². The third-order valence-corrected chi connectivity index (χ3v) is 2.13. The molecule has 3 heteroatoms. The van der Waals surface area contributed by atoms with E-state index in [1.165, 1.54) is 7.11 Å². The highest BCUT2D eigenvalue weighted by Gasteiger charge is 2.01. The van der Waals surface area contributed by atoms with Crippen molar-refractivity contribution in [1.29, 1.82) is 0 Å². The van der Waals surface area contributed by atoms with Gasteiger partial charge in [-0.1, -0.05) is 30.3 Å². The molecule has 0 saturated carbocycles. The molecule has 0 spiro atoms. The van der Waals surface area contributed by atoms with Crippen LogP contribution in [0.4, 0.5) is 0 Å². The molecule has 0 bridgehead atoms. The average Bonchev–Trinajstić information content (AvgIpc) is 2.34. The molecule has 0 heterocycles. The number of esters is 1. The first-order valence-corrected chi connectivity index (χ1v) is 5.11. The monoisotopic (exact) mass is 220 g/mol. The summed E-state index contributed by atoms with van der Waals surface area (Å²) >= 11 is 0. The largest absolute Gasteiger partial charge is 0.466 e. The molecular formula is C13H16O3. The van der Waals surface area contributed by atoms with E-state index in [9.17, 15) is 4.79 Å². The molecule has 1 aromatic carbocycles. The molecule has 0 saturated heterocycles. The minimum Gasteiger partial charge on any atom is -0.466 e. The smallest absolute Gasteiger partial charge is 0.333 e. The van der Waals surface area contributed by atoms with E-state index in [0.717, 1.165) is 5.56 Å². The first-order valence-electron chi connectivity index (χ1n) is 5.11. The van der Waals surface area contributed by atoms with Crippen LogP contribution in [0, 0.1) is 0 Å². The summed E-state index contributed by atoms with van der Waals surface area (Å²) in [4.78, 5) is 11.0. The van der Waals surface area contributed by atoms with Crippen LogP contribution in [-0.2, 0) is 20.9 Å². The predicted molar refractivity (Wildman–Crippen MR) is 61.9 cm³/mol. The Kier molecular flexibility index (Phi) is 5.29. The molecule has 0 amide bonds. The van der Waals surface area contributed by atoms with Crippen LogP contribution in [0.25, 0.3) is 0 Å². The Morgan fingerprint density at radius 2 is 2.00 bits per heavy atom. The summed E-state index contributed by atoms with van der Waals surface area (Å²) in [5.74, 6) is -0.316. The first-order chi connectivity index (χ1) is 7.74. The molecule has 0 aliphatic rings. The zero-order valence-electron chi connectivity index (χ0n) is 9.60. The topological polar surface area (TPSA) is 35.5 Å². The Balaban J connectivity index is 2.29. The van der Waals surface area contributed by atoms with Gasteiger partial charge in [-0.05, 0) is 18.6 Å². The van der Waals surface area contributed by atoms with E-state index in [0.29, 0.717) is 18.8 Å². The lowest BCUT2D eigenvalue weighted by atomic mass is 10.2. The number of hydrogen-bond acceptors (Lipinski definition) is 3. The summed E-state index contributed by atoms with van der Waals surface area (Å²) < 4.78 is 9.97. The highest BCUT2D eigenvalue weighted by Crippen LogP contribution is 2.01. The number of carbonyl (C=O) groups excluding carboxylic acids is 1. The van der Waals surface area contributed by atoms with Crippen LogP contribution in [0.15, 0.2) is 42.0 Å². The van der Waals surface area contributed by atoms with Crippen LogP contribution in [-0.4, -0.2) is 19.7 Å². The Hall–Kier alpha value is -1.61. The van der Waals surface area contributed by atoms with Crippen molar-refractivity contribution in [2.45, 2.75) is 13.5 Å². The average molecular weight is 220 g/mol. The zero-order valence-corrected chi connectivity index (χ0v) is 9.60. The SMILES string of the molecule is COC(=O)C(C)=CCOCc1ccccc1. The molecule has 0 aromatic heterocycles. The van der Waals surface area contributed by atoms with Gasteiger partial charge >= 0.3 is 5.97 Å². The Morgan fingerprint density at radius 3 is 2.62 bits per heavy atom. The predicted octanol–water partition coefficient (Wildman–Crippen LogP) is 2.32. The molecule has 1 aromatic rings. The second-order valence-electron chi connectivity index (χ2n) is 3.38. The van der Waals surface area contributed by atoms with Crippen LogP contribution in [0.1, 0.15) is 12.5 Å². The van der Waals surface area contributed by atoms with Gasteiger partial charge in [-0.2, -0.15) is 0 Å². The summed E-state index contributed by atoms with van der Waals surface area (Å²) in [7, 11) is 1.37.